The van der Waals surface area contributed by atoms with Crippen LogP contribution in [0.25, 0.3) is 0 Å². The van der Waals surface area contributed by atoms with E-state index in [2.05, 4.69) is 40.3 Å². The number of rotatable bonds is 5. The highest BCUT2D eigenvalue weighted by atomic mass is 79.9. The quantitative estimate of drug-likeness (QED) is 0.700. The number of nitrogens with one attached hydrogen (secondary N) is 1. The zero-order chi connectivity index (χ0) is 15.4. The molecule has 0 aromatic heterocycles. The summed E-state index contributed by atoms with van der Waals surface area (Å²) in [6, 6.07) is 12.4. The Morgan fingerprint density at radius 3 is 2.67 bits per heavy atom. The summed E-state index contributed by atoms with van der Waals surface area (Å²) in [7, 11) is 1.66. The van der Waals surface area contributed by atoms with Gasteiger partial charge in [-0.3, -0.25) is 0 Å². The van der Waals surface area contributed by atoms with E-state index in [1.807, 2.05) is 31.2 Å². The molecular weight excluding hydrogens is 350 g/mol. The lowest BCUT2D eigenvalue weighted by molar-refractivity contribution is 0.416. The molecule has 0 radical (unpaired) electrons. The number of methoxy groups -OCH3 is 1. The Kier molecular flexibility index (Phi) is 5.54. The fourth-order valence-corrected chi connectivity index (χ4v) is 2.85. The van der Waals surface area contributed by atoms with Crippen LogP contribution in [0.1, 0.15) is 30.5 Å². The molecule has 0 saturated carbocycles. The van der Waals surface area contributed by atoms with E-state index in [4.69, 9.17) is 16.3 Å². The zero-order valence-corrected chi connectivity index (χ0v) is 14.8. The number of anilines is 1. The van der Waals surface area contributed by atoms with Gasteiger partial charge in [-0.05, 0) is 42.7 Å². The fraction of sp³-hybridized carbons (Fsp3) is 0.294. The lowest BCUT2D eigenvalue weighted by atomic mass is 10.0. The van der Waals surface area contributed by atoms with Crippen LogP contribution in [-0.2, 0) is 0 Å². The van der Waals surface area contributed by atoms with Crippen LogP contribution in [0.15, 0.2) is 40.9 Å². The predicted octanol–water partition coefficient (Wildman–Crippen LogP) is 5.98. The molecule has 21 heavy (non-hydrogen) atoms. The molecule has 2 aromatic carbocycles. The molecule has 2 nitrogen and oxygen atoms in total. The van der Waals surface area contributed by atoms with Crippen molar-refractivity contribution in [2.75, 3.05) is 12.4 Å². The van der Waals surface area contributed by atoms with Crippen LogP contribution in [0.4, 0.5) is 5.69 Å². The molecule has 0 saturated heterocycles. The fourth-order valence-electron chi connectivity index (χ4n) is 2.28. The van der Waals surface area contributed by atoms with E-state index in [0.717, 1.165) is 27.9 Å². The van der Waals surface area contributed by atoms with Crippen LogP contribution in [0.5, 0.6) is 5.75 Å². The first-order valence-electron chi connectivity index (χ1n) is 6.91. The molecule has 4 heteroatoms. The second-order valence-electron chi connectivity index (χ2n) is 4.96. The number of hydrogen-bond acceptors (Lipinski definition) is 2. The Morgan fingerprint density at radius 1 is 1.29 bits per heavy atom. The molecule has 1 N–H and O–H groups in total. The Bertz CT molecular complexity index is 630. The van der Waals surface area contributed by atoms with Crippen LogP contribution in [-0.4, -0.2) is 7.11 Å². The van der Waals surface area contributed by atoms with Crippen LogP contribution >= 0.6 is 27.5 Å². The summed E-state index contributed by atoms with van der Waals surface area (Å²) in [5.41, 5.74) is 3.23. The smallest absolute Gasteiger partial charge is 0.143 e. The van der Waals surface area contributed by atoms with Crippen molar-refractivity contribution in [3.63, 3.8) is 0 Å². The summed E-state index contributed by atoms with van der Waals surface area (Å²) in [5, 5.41) is 4.27. The lowest BCUT2D eigenvalue weighted by Gasteiger charge is -2.21. The minimum absolute atomic E-state index is 0.219. The van der Waals surface area contributed by atoms with E-state index in [-0.39, 0.29) is 6.04 Å². The Labute approximate surface area is 139 Å². The van der Waals surface area contributed by atoms with Gasteiger partial charge in [0.2, 0.25) is 0 Å². The third-order valence-corrected chi connectivity index (χ3v) is 4.37. The molecule has 0 aliphatic heterocycles. The summed E-state index contributed by atoms with van der Waals surface area (Å²) in [6.45, 7) is 4.15. The Balaban J connectivity index is 2.32. The van der Waals surface area contributed by atoms with Crippen LogP contribution in [0.3, 0.4) is 0 Å². The molecule has 0 spiro atoms. The molecular formula is C17H19BrClNO. The molecule has 0 heterocycles. The van der Waals surface area contributed by atoms with E-state index in [1.165, 1.54) is 5.56 Å². The normalized spacial score (nSPS) is 12.0. The van der Waals surface area contributed by atoms with Crippen molar-refractivity contribution in [3.8, 4) is 5.75 Å². The molecule has 0 aliphatic carbocycles. The van der Waals surface area contributed by atoms with Gasteiger partial charge in [-0.25, -0.2) is 0 Å². The van der Waals surface area contributed by atoms with Crippen molar-refractivity contribution in [2.24, 2.45) is 0 Å². The average molecular weight is 369 g/mol. The molecule has 1 unspecified atom stereocenters. The van der Waals surface area contributed by atoms with Gasteiger partial charge >= 0.3 is 0 Å². The first kappa shape index (κ1) is 16.2. The van der Waals surface area contributed by atoms with E-state index < -0.39 is 0 Å². The summed E-state index contributed by atoms with van der Waals surface area (Å²) in [5.74, 6) is 0.763. The van der Waals surface area contributed by atoms with Crippen molar-refractivity contribution in [1.29, 1.82) is 0 Å². The third-order valence-electron chi connectivity index (χ3n) is 3.47. The van der Waals surface area contributed by atoms with Crippen molar-refractivity contribution in [3.05, 3.63) is 57.0 Å². The van der Waals surface area contributed by atoms with Gasteiger partial charge < -0.3 is 10.1 Å². The van der Waals surface area contributed by atoms with E-state index >= 15 is 0 Å². The van der Waals surface area contributed by atoms with Crippen molar-refractivity contribution in [2.45, 2.75) is 26.3 Å². The first-order valence-corrected chi connectivity index (χ1v) is 8.08. The largest absolute Gasteiger partial charge is 0.495 e. The predicted molar refractivity (Wildman–Crippen MR) is 93.5 cm³/mol. The van der Waals surface area contributed by atoms with Gasteiger partial charge in [0.25, 0.3) is 0 Å². The van der Waals surface area contributed by atoms with Crippen molar-refractivity contribution < 1.29 is 4.74 Å². The molecule has 0 aliphatic rings. The van der Waals surface area contributed by atoms with Gasteiger partial charge in [0.1, 0.15) is 5.75 Å². The summed E-state index contributed by atoms with van der Waals surface area (Å²) in [4.78, 5) is 0. The van der Waals surface area contributed by atoms with Crippen molar-refractivity contribution >= 4 is 33.2 Å². The SMILES string of the molecule is CCC(Nc1cc(C)c(Cl)cc1OC)c1cccc(Br)c1. The maximum Gasteiger partial charge on any atom is 0.143 e. The number of hydrogen-bond donors (Lipinski definition) is 1. The standard InChI is InChI=1S/C17H19BrClNO/c1-4-15(12-6-5-7-13(18)9-12)20-16-8-11(2)14(19)10-17(16)21-3/h5-10,15,20H,4H2,1-3H3. The molecule has 0 amide bonds. The molecule has 0 bridgehead atoms. The molecule has 2 rings (SSSR count). The molecule has 112 valence electrons. The second kappa shape index (κ2) is 7.19. The number of ether oxygens (including phenoxy) is 1. The maximum atomic E-state index is 6.16. The summed E-state index contributed by atoms with van der Waals surface area (Å²) in [6.07, 6.45) is 0.973. The van der Waals surface area contributed by atoms with Gasteiger partial charge in [-0.1, -0.05) is 46.6 Å². The molecule has 2 aromatic rings. The lowest BCUT2D eigenvalue weighted by Crippen LogP contribution is -2.10. The van der Waals surface area contributed by atoms with Gasteiger partial charge in [0.05, 0.1) is 18.8 Å². The van der Waals surface area contributed by atoms with Crippen molar-refractivity contribution in [1.82, 2.24) is 0 Å². The maximum absolute atomic E-state index is 6.16. The zero-order valence-electron chi connectivity index (χ0n) is 12.4. The van der Waals surface area contributed by atoms with Gasteiger partial charge in [0, 0.05) is 15.6 Å². The number of aryl methyl sites for hydroxylation is 1. The monoisotopic (exact) mass is 367 g/mol. The molecule has 1 atom stereocenters. The first-order chi connectivity index (χ1) is 10.0. The van der Waals surface area contributed by atoms with Crippen LogP contribution < -0.4 is 10.1 Å². The third kappa shape index (κ3) is 3.92. The number of benzene rings is 2. The number of halogens is 2. The second-order valence-corrected chi connectivity index (χ2v) is 6.28. The molecule has 0 fully saturated rings. The van der Waals surface area contributed by atoms with E-state index in [9.17, 15) is 0 Å². The van der Waals surface area contributed by atoms with E-state index in [1.54, 1.807) is 7.11 Å². The van der Waals surface area contributed by atoms with Gasteiger partial charge in [0.15, 0.2) is 0 Å². The average Bonchev–Trinajstić information content (AvgIpc) is 2.47. The minimum Gasteiger partial charge on any atom is -0.495 e. The van der Waals surface area contributed by atoms with E-state index in [0.29, 0.717) is 5.02 Å². The summed E-state index contributed by atoms with van der Waals surface area (Å²) >= 11 is 9.68. The van der Waals surface area contributed by atoms with Crippen LogP contribution in [0, 0.1) is 6.92 Å². The summed E-state index contributed by atoms with van der Waals surface area (Å²) < 4.78 is 6.51. The Morgan fingerprint density at radius 2 is 2.05 bits per heavy atom. The van der Waals surface area contributed by atoms with Gasteiger partial charge in [-0.15, -0.1) is 0 Å². The highest BCUT2D eigenvalue weighted by Gasteiger charge is 2.13. The highest BCUT2D eigenvalue weighted by Crippen LogP contribution is 2.34. The van der Waals surface area contributed by atoms with Gasteiger partial charge in [-0.2, -0.15) is 0 Å². The highest BCUT2D eigenvalue weighted by molar-refractivity contribution is 9.10. The Hall–Kier alpha value is -1.19. The van der Waals surface area contributed by atoms with Crippen LogP contribution in [0.2, 0.25) is 5.02 Å². The topological polar surface area (TPSA) is 21.3 Å². The minimum atomic E-state index is 0.219.